The van der Waals surface area contributed by atoms with Crippen molar-refractivity contribution in [2.24, 2.45) is 0 Å². The first-order valence-corrected chi connectivity index (χ1v) is 10.5. The number of rotatable bonds is 7. The maximum Gasteiger partial charge on any atom is 0.266 e. The summed E-state index contributed by atoms with van der Waals surface area (Å²) in [4.78, 5) is 12.8. The molecule has 0 unspecified atom stereocenters. The van der Waals surface area contributed by atoms with Crippen LogP contribution in [-0.2, 0) is 11.4 Å². The molecule has 0 bridgehead atoms. The minimum atomic E-state index is -0.516. The number of nitrogens with zero attached hydrogens (tertiary/aromatic N) is 1. The minimum absolute atomic E-state index is 0.0368. The van der Waals surface area contributed by atoms with E-state index in [-0.39, 0.29) is 18.0 Å². The summed E-state index contributed by atoms with van der Waals surface area (Å²) < 4.78 is 25.0. The van der Waals surface area contributed by atoms with Crippen molar-refractivity contribution in [2.45, 2.75) is 6.61 Å². The van der Waals surface area contributed by atoms with Crippen molar-refractivity contribution in [3.05, 3.63) is 107 Å². The number of anilines is 1. The third kappa shape index (κ3) is 5.05. The molecule has 0 aliphatic heterocycles. The highest BCUT2D eigenvalue weighted by atomic mass is 19.1. The van der Waals surface area contributed by atoms with Crippen molar-refractivity contribution in [3.63, 3.8) is 0 Å². The van der Waals surface area contributed by atoms with Gasteiger partial charge in [-0.25, -0.2) is 4.39 Å². The Morgan fingerprint density at radius 3 is 2.56 bits per heavy atom. The van der Waals surface area contributed by atoms with E-state index in [9.17, 15) is 14.4 Å². The van der Waals surface area contributed by atoms with Crippen molar-refractivity contribution >= 4 is 28.4 Å². The van der Waals surface area contributed by atoms with Crippen molar-refractivity contribution in [1.82, 2.24) is 0 Å². The molecular weight excluding hydrogens is 431 g/mol. The molecule has 168 valence electrons. The van der Waals surface area contributed by atoms with Gasteiger partial charge in [-0.1, -0.05) is 60.7 Å². The maximum absolute atomic E-state index is 13.9. The highest BCUT2D eigenvalue weighted by Gasteiger charge is 2.13. The van der Waals surface area contributed by atoms with Crippen LogP contribution in [0.5, 0.6) is 11.5 Å². The van der Waals surface area contributed by atoms with Crippen LogP contribution in [0.1, 0.15) is 11.1 Å². The molecule has 4 aromatic carbocycles. The van der Waals surface area contributed by atoms with Gasteiger partial charge in [-0.2, -0.15) is 5.26 Å². The first-order chi connectivity index (χ1) is 16.6. The molecule has 34 heavy (non-hydrogen) atoms. The molecule has 0 heterocycles. The summed E-state index contributed by atoms with van der Waals surface area (Å²) in [5.74, 6) is -0.0481. The van der Waals surface area contributed by atoms with Crippen LogP contribution in [0.4, 0.5) is 10.1 Å². The summed E-state index contributed by atoms with van der Waals surface area (Å²) in [6, 6.07) is 26.6. The molecule has 6 heteroatoms. The first-order valence-electron chi connectivity index (χ1n) is 10.5. The Bertz CT molecular complexity index is 1420. The van der Waals surface area contributed by atoms with E-state index in [1.165, 1.54) is 19.3 Å². The van der Waals surface area contributed by atoms with Gasteiger partial charge in [-0.3, -0.25) is 4.79 Å². The number of carbonyl (C=O) groups is 1. The van der Waals surface area contributed by atoms with Gasteiger partial charge in [0.2, 0.25) is 0 Å². The van der Waals surface area contributed by atoms with Gasteiger partial charge in [-0.05, 0) is 41.3 Å². The number of amides is 1. The molecule has 1 amide bonds. The number of carbonyl (C=O) groups excluding carboxylic acids is 1. The number of nitriles is 1. The lowest BCUT2D eigenvalue weighted by Gasteiger charge is -2.12. The highest BCUT2D eigenvalue weighted by Crippen LogP contribution is 2.30. The van der Waals surface area contributed by atoms with E-state index in [1.807, 2.05) is 42.5 Å². The van der Waals surface area contributed by atoms with E-state index in [0.717, 1.165) is 10.8 Å². The van der Waals surface area contributed by atoms with E-state index in [2.05, 4.69) is 5.32 Å². The highest BCUT2D eigenvalue weighted by molar-refractivity contribution is 6.12. The Kier molecular flexibility index (Phi) is 6.85. The maximum atomic E-state index is 13.9. The fraction of sp³-hybridized carbons (Fsp3) is 0.0714. The van der Waals surface area contributed by atoms with Gasteiger partial charge in [0, 0.05) is 16.6 Å². The second kappa shape index (κ2) is 10.3. The average molecular weight is 452 g/mol. The number of nitrogens with one attached hydrogen (secondary N) is 1. The second-order valence-electron chi connectivity index (χ2n) is 7.44. The third-order valence-corrected chi connectivity index (χ3v) is 5.24. The van der Waals surface area contributed by atoms with E-state index in [4.69, 9.17) is 9.47 Å². The van der Waals surface area contributed by atoms with Crippen molar-refractivity contribution < 1.29 is 18.7 Å². The molecule has 1 N–H and O–H groups in total. The van der Waals surface area contributed by atoms with Crippen LogP contribution in [-0.4, -0.2) is 13.0 Å². The molecular formula is C28H21FN2O3. The summed E-state index contributed by atoms with van der Waals surface area (Å²) in [5.41, 5.74) is 1.57. The van der Waals surface area contributed by atoms with E-state index < -0.39 is 5.91 Å². The van der Waals surface area contributed by atoms with Crippen LogP contribution >= 0.6 is 0 Å². The fourth-order valence-corrected chi connectivity index (χ4v) is 3.50. The average Bonchev–Trinajstić information content (AvgIpc) is 2.87. The molecule has 5 nitrogen and oxygen atoms in total. The van der Waals surface area contributed by atoms with Crippen molar-refractivity contribution in [2.75, 3.05) is 12.4 Å². The number of methoxy groups -OCH3 is 1. The number of benzene rings is 4. The minimum Gasteiger partial charge on any atom is -0.493 e. The van der Waals surface area contributed by atoms with Gasteiger partial charge in [0.05, 0.1) is 7.11 Å². The predicted molar refractivity (Wildman–Crippen MR) is 130 cm³/mol. The summed E-state index contributed by atoms with van der Waals surface area (Å²) in [6.07, 6.45) is 1.48. The zero-order valence-electron chi connectivity index (χ0n) is 18.4. The molecule has 4 aromatic rings. The van der Waals surface area contributed by atoms with Crippen LogP contribution in [0.3, 0.4) is 0 Å². The molecule has 0 aromatic heterocycles. The molecule has 0 atom stereocenters. The van der Waals surface area contributed by atoms with Crippen LogP contribution in [0.15, 0.2) is 90.5 Å². The summed E-state index contributed by atoms with van der Waals surface area (Å²) >= 11 is 0. The van der Waals surface area contributed by atoms with Crippen LogP contribution in [0.2, 0.25) is 0 Å². The molecule has 0 radical (unpaired) electrons. The fourth-order valence-electron chi connectivity index (χ4n) is 3.50. The smallest absolute Gasteiger partial charge is 0.266 e. The zero-order valence-corrected chi connectivity index (χ0v) is 18.4. The van der Waals surface area contributed by atoms with Gasteiger partial charge in [0.1, 0.15) is 24.1 Å². The molecule has 0 fully saturated rings. The SMILES string of the molecule is COc1cc(/C=C(\C#N)C(=O)Nc2cccc3ccccc23)ccc1OCc1ccccc1F. The van der Waals surface area contributed by atoms with E-state index in [1.54, 1.807) is 42.5 Å². The lowest BCUT2D eigenvalue weighted by Crippen LogP contribution is -2.13. The molecule has 0 aliphatic rings. The Morgan fingerprint density at radius 2 is 1.76 bits per heavy atom. The normalized spacial score (nSPS) is 11.0. The van der Waals surface area contributed by atoms with Gasteiger partial charge in [-0.15, -0.1) is 0 Å². The monoisotopic (exact) mass is 452 g/mol. The van der Waals surface area contributed by atoms with Crippen molar-refractivity contribution in [1.29, 1.82) is 5.26 Å². The van der Waals surface area contributed by atoms with E-state index >= 15 is 0 Å². The number of hydrogen-bond donors (Lipinski definition) is 1. The van der Waals surface area contributed by atoms with Gasteiger partial charge in [0.25, 0.3) is 5.91 Å². The van der Waals surface area contributed by atoms with Crippen LogP contribution in [0, 0.1) is 17.1 Å². The van der Waals surface area contributed by atoms with Gasteiger partial charge in [0.15, 0.2) is 11.5 Å². The van der Waals surface area contributed by atoms with Crippen LogP contribution < -0.4 is 14.8 Å². The van der Waals surface area contributed by atoms with Crippen LogP contribution in [0.25, 0.3) is 16.8 Å². The molecule has 0 aliphatic carbocycles. The topological polar surface area (TPSA) is 71.3 Å². The lowest BCUT2D eigenvalue weighted by atomic mass is 10.1. The zero-order chi connectivity index (χ0) is 23.9. The molecule has 0 spiro atoms. The predicted octanol–water partition coefficient (Wildman–Crippen LogP) is 6.11. The summed E-state index contributed by atoms with van der Waals surface area (Å²) in [7, 11) is 1.48. The third-order valence-electron chi connectivity index (χ3n) is 5.24. The Balaban J connectivity index is 1.53. The number of halogens is 1. The molecule has 4 rings (SSSR count). The Labute approximate surface area is 196 Å². The molecule has 0 saturated heterocycles. The van der Waals surface area contributed by atoms with Crippen molar-refractivity contribution in [3.8, 4) is 17.6 Å². The van der Waals surface area contributed by atoms with E-state index in [0.29, 0.717) is 28.3 Å². The first kappa shape index (κ1) is 22.6. The Hall–Kier alpha value is -4.63. The quantitative estimate of drug-likeness (QED) is 0.271. The second-order valence-corrected chi connectivity index (χ2v) is 7.44. The largest absolute Gasteiger partial charge is 0.493 e. The number of fused-ring (bicyclic) bond motifs is 1. The Morgan fingerprint density at radius 1 is 1.00 bits per heavy atom. The summed E-state index contributed by atoms with van der Waals surface area (Å²) in [6.45, 7) is 0.0368. The summed E-state index contributed by atoms with van der Waals surface area (Å²) in [5, 5.41) is 14.3. The number of ether oxygens (including phenoxy) is 2. The number of hydrogen-bond acceptors (Lipinski definition) is 4. The standard InChI is InChI=1S/C28H21FN2O3/c1-33-27-16-19(13-14-26(27)34-18-21-8-3-5-11-24(21)29)15-22(17-30)28(32)31-25-12-6-9-20-7-2-4-10-23(20)25/h2-16H,18H2,1H3,(H,31,32)/b22-15+. The van der Waals surface area contributed by atoms with Gasteiger partial charge >= 0.3 is 0 Å². The van der Waals surface area contributed by atoms with Gasteiger partial charge < -0.3 is 14.8 Å². The lowest BCUT2D eigenvalue weighted by molar-refractivity contribution is -0.112. The molecule has 0 saturated carbocycles.